The monoisotopic (exact) mass is 238 g/mol. The zero-order valence-corrected chi connectivity index (χ0v) is 9.97. The molecule has 1 aromatic heterocycles. The van der Waals surface area contributed by atoms with E-state index in [9.17, 15) is 14.9 Å². The summed E-state index contributed by atoms with van der Waals surface area (Å²) in [7, 11) is 0. The van der Waals surface area contributed by atoms with Gasteiger partial charge in [0.05, 0.1) is 16.9 Å². The Kier molecular flexibility index (Phi) is 3.77. The van der Waals surface area contributed by atoms with Crippen molar-refractivity contribution in [2.75, 3.05) is 6.61 Å². The minimum atomic E-state index is -1.07. The summed E-state index contributed by atoms with van der Waals surface area (Å²) in [5.41, 5.74) is -0.942. The maximum Gasteiger partial charge on any atom is 0.316 e. The van der Waals surface area contributed by atoms with Gasteiger partial charge in [0.25, 0.3) is 5.69 Å². The van der Waals surface area contributed by atoms with Gasteiger partial charge in [-0.15, -0.1) is 0 Å². The van der Waals surface area contributed by atoms with Crippen LogP contribution in [0.2, 0.25) is 0 Å². The number of aromatic nitrogens is 1. The molecule has 0 aliphatic carbocycles. The number of carbonyl (C=O) groups excluding carboxylic acids is 1. The van der Waals surface area contributed by atoms with Crippen molar-refractivity contribution in [1.82, 2.24) is 4.98 Å². The Hall–Kier alpha value is -1.98. The van der Waals surface area contributed by atoms with Crippen LogP contribution in [0.25, 0.3) is 0 Å². The summed E-state index contributed by atoms with van der Waals surface area (Å²) in [4.78, 5) is 25.8. The molecule has 0 aliphatic rings. The van der Waals surface area contributed by atoms with Crippen molar-refractivity contribution < 1.29 is 14.5 Å². The van der Waals surface area contributed by atoms with Crippen molar-refractivity contribution in [2.24, 2.45) is 0 Å². The fourth-order valence-corrected chi connectivity index (χ4v) is 1.48. The summed E-state index contributed by atoms with van der Waals surface area (Å²) in [5.74, 6) is -0.491. The fraction of sp³-hybridized carbons (Fsp3) is 0.455. The van der Waals surface area contributed by atoms with Crippen LogP contribution in [0.5, 0.6) is 0 Å². The molecule has 1 rings (SSSR count). The number of nitrogens with zero attached hydrogens (tertiary/aromatic N) is 2. The third-order valence-electron chi connectivity index (χ3n) is 2.46. The molecule has 0 aromatic carbocycles. The van der Waals surface area contributed by atoms with Crippen molar-refractivity contribution in [2.45, 2.75) is 26.2 Å². The van der Waals surface area contributed by atoms with Crippen LogP contribution in [0, 0.1) is 10.1 Å². The molecular weight excluding hydrogens is 224 g/mol. The molecule has 1 heterocycles. The van der Waals surface area contributed by atoms with E-state index in [-0.39, 0.29) is 12.3 Å². The molecule has 0 atom stereocenters. The van der Waals surface area contributed by atoms with Crippen molar-refractivity contribution in [3.05, 3.63) is 34.1 Å². The van der Waals surface area contributed by atoms with Gasteiger partial charge in [-0.3, -0.25) is 19.9 Å². The Morgan fingerprint density at radius 1 is 1.59 bits per heavy atom. The van der Waals surface area contributed by atoms with Gasteiger partial charge in [0, 0.05) is 11.8 Å². The molecule has 0 unspecified atom stereocenters. The zero-order valence-electron chi connectivity index (χ0n) is 9.97. The van der Waals surface area contributed by atoms with E-state index in [4.69, 9.17) is 4.74 Å². The van der Waals surface area contributed by atoms with Gasteiger partial charge in [0.15, 0.2) is 0 Å². The highest BCUT2D eigenvalue weighted by molar-refractivity contribution is 5.83. The number of pyridine rings is 1. The quantitative estimate of drug-likeness (QED) is 0.454. The maximum atomic E-state index is 11.8. The Morgan fingerprint density at radius 2 is 2.24 bits per heavy atom. The van der Waals surface area contributed by atoms with Gasteiger partial charge < -0.3 is 4.74 Å². The number of hydrogen-bond acceptors (Lipinski definition) is 5. The average Bonchev–Trinajstić information content (AvgIpc) is 2.29. The second-order valence-corrected chi connectivity index (χ2v) is 4.00. The van der Waals surface area contributed by atoms with E-state index in [1.807, 2.05) is 0 Å². The molecule has 1 aromatic rings. The van der Waals surface area contributed by atoms with Gasteiger partial charge in [0.1, 0.15) is 6.20 Å². The molecule has 6 nitrogen and oxygen atoms in total. The summed E-state index contributed by atoms with van der Waals surface area (Å²) in [5, 5.41) is 10.9. The van der Waals surface area contributed by atoms with E-state index in [0.717, 1.165) is 6.20 Å². The van der Waals surface area contributed by atoms with Gasteiger partial charge in [-0.25, -0.2) is 0 Å². The van der Waals surface area contributed by atoms with E-state index < -0.39 is 16.3 Å². The Morgan fingerprint density at radius 3 is 2.76 bits per heavy atom. The molecule has 0 spiro atoms. The molecule has 0 fully saturated rings. The van der Waals surface area contributed by atoms with Crippen LogP contribution in [0.15, 0.2) is 18.5 Å². The first-order valence-corrected chi connectivity index (χ1v) is 5.17. The number of hydrogen-bond donors (Lipinski definition) is 0. The molecule has 6 heteroatoms. The third-order valence-corrected chi connectivity index (χ3v) is 2.46. The van der Waals surface area contributed by atoms with E-state index in [0.29, 0.717) is 5.56 Å². The van der Waals surface area contributed by atoms with Gasteiger partial charge in [-0.1, -0.05) is 0 Å². The lowest BCUT2D eigenvalue weighted by Gasteiger charge is -2.22. The molecule has 92 valence electrons. The normalized spacial score (nSPS) is 11.0. The standard InChI is InChI=1S/C11H14N2O4/c1-4-17-10(14)11(2,3)8-5-6-12-7-9(8)13(15)16/h5-7H,4H2,1-3H3. The Bertz CT molecular complexity index is 443. The highest BCUT2D eigenvalue weighted by Gasteiger charge is 2.37. The second kappa shape index (κ2) is 4.90. The first-order valence-electron chi connectivity index (χ1n) is 5.17. The SMILES string of the molecule is CCOC(=O)C(C)(C)c1ccncc1[N+](=O)[O-]. The maximum absolute atomic E-state index is 11.8. The fourth-order valence-electron chi connectivity index (χ4n) is 1.48. The number of esters is 1. The summed E-state index contributed by atoms with van der Waals surface area (Å²) in [6.45, 7) is 5.11. The smallest absolute Gasteiger partial charge is 0.316 e. The molecule has 0 N–H and O–H groups in total. The van der Waals surface area contributed by atoms with Gasteiger partial charge in [-0.2, -0.15) is 0 Å². The third kappa shape index (κ3) is 2.58. The minimum Gasteiger partial charge on any atom is -0.465 e. The molecule has 0 saturated heterocycles. The largest absolute Gasteiger partial charge is 0.465 e. The molecule has 0 bridgehead atoms. The molecular formula is C11H14N2O4. The highest BCUT2D eigenvalue weighted by atomic mass is 16.6. The van der Waals surface area contributed by atoms with Crippen LogP contribution in [-0.4, -0.2) is 22.5 Å². The summed E-state index contributed by atoms with van der Waals surface area (Å²) in [6.07, 6.45) is 2.56. The number of rotatable bonds is 4. The summed E-state index contributed by atoms with van der Waals surface area (Å²) < 4.78 is 4.91. The van der Waals surface area contributed by atoms with Gasteiger partial charge >= 0.3 is 5.97 Å². The zero-order chi connectivity index (χ0) is 13.1. The lowest BCUT2D eigenvalue weighted by molar-refractivity contribution is -0.386. The Balaban J connectivity index is 3.23. The number of nitro groups is 1. The van der Waals surface area contributed by atoms with Crippen LogP contribution in [0.1, 0.15) is 26.3 Å². The Labute approximate surface area is 98.8 Å². The first-order chi connectivity index (χ1) is 7.91. The number of ether oxygens (including phenoxy) is 1. The number of carbonyl (C=O) groups is 1. The van der Waals surface area contributed by atoms with Crippen molar-refractivity contribution in [3.8, 4) is 0 Å². The van der Waals surface area contributed by atoms with Crippen LogP contribution in [0.4, 0.5) is 5.69 Å². The van der Waals surface area contributed by atoms with Crippen molar-refractivity contribution >= 4 is 11.7 Å². The molecule has 0 radical (unpaired) electrons. The molecule has 0 saturated carbocycles. The van der Waals surface area contributed by atoms with E-state index in [1.165, 1.54) is 12.3 Å². The van der Waals surface area contributed by atoms with Crippen molar-refractivity contribution in [3.63, 3.8) is 0 Å². The minimum absolute atomic E-state index is 0.175. The predicted molar refractivity (Wildman–Crippen MR) is 60.6 cm³/mol. The first kappa shape index (κ1) is 13.1. The van der Waals surface area contributed by atoms with Crippen LogP contribution in [-0.2, 0) is 14.9 Å². The predicted octanol–water partition coefficient (Wildman–Crippen LogP) is 1.83. The van der Waals surface area contributed by atoms with Crippen LogP contribution in [0.3, 0.4) is 0 Å². The van der Waals surface area contributed by atoms with Crippen LogP contribution < -0.4 is 0 Å². The topological polar surface area (TPSA) is 82.3 Å². The lowest BCUT2D eigenvalue weighted by atomic mass is 9.84. The average molecular weight is 238 g/mol. The second-order valence-electron chi connectivity index (χ2n) is 4.00. The van der Waals surface area contributed by atoms with E-state index in [1.54, 1.807) is 20.8 Å². The van der Waals surface area contributed by atoms with Crippen molar-refractivity contribution in [1.29, 1.82) is 0 Å². The summed E-state index contributed by atoms with van der Waals surface area (Å²) >= 11 is 0. The van der Waals surface area contributed by atoms with E-state index >= 15 is 0 Å². The molecule has 0 amide bonds. The van der Waals surface area contributed by atoms with Gasteiger partial charge in [0.2, 0.25) is 0 Å². The van der Waals surface area contributed by atoms with Crippen LogP contribution >= 0.6 is 0 Å². The molecule has 0 aliphatic heterocycles. The van der Waals surface area contributed by atoms with E-state index in [2.05, 4.69) is 4.98 Å². The summed E-state index contributed by atoms with van der Waals surface area (Å²) in [6, 6.07) is 1.47. The van der Waals surface area contributed by atoms with Gasteiger partial charge in [-0.05, 0) is 26.8 Å². The molecule has 17 heavy (non-hydrogen) atoms. The highest BCUT2D eigenvalue weighted by Crippen LogP contribution is 2.31. The lowest BCUT2D eigenvalue weighted by Crippen LogP contribution is -2.31.